The lowest BCUT2D eigenvalue weighted by atomic mass is 10.1. The van der Waals surface area contributed by atoms with Gasteiger partial charge in [-0.3, -0.25) is 4.79 Å². The van der Waals surface area contributed by atoms with Gasteiger partial charge in [0.15, 0.2) is 16.7 Å². The number of methoxy groups -OCH3 is 1. The van der Waals surface area contributed by atoms with Crippen molar-refractivity contribution in [3.63, 3.8) is 0 Å². The number of halogens is 3. The predicted molar refractivity (Wildman–Crippen MR) is 109 cm³/mol. The van der Waals surface area contributed by atoms with Gasteiger partial charge in [-0.25, -0.2) is 4.98 Å². The molecule has 3 aromatic rings. The van der Waals surface area contributed by atoms with E-state index in [1.807, 2.05) is 24.3 Å². The summed E-state index contributed by atoms with van der Waals surface area (Å²) in [5, 5.41) is 10.3. The molecule has 0 aliphatic heterocycles. The minimum atomic E-state index is -3.02. The second kappa shape index (κ2) is 9.61. The molecule has 0 amide bonds. The summed E-state index contributed by atoms with van der Waals surface area (Å²) < 4.78 is 34.6. The fourth-order valence-electron chi connectivity index (χ4n) is 2.60. The van der Waals surface area contributed by atoms with E-state index in [1.165, 1.54) is 37.1 Å². The van der Waals surface area contributed by atoms with Crippen LogP contribution in [0.1, 0.15) is 11.1 Å². The number of nitriles is 1. The van der Waals surface area contributed by atoms with Crippen LogP contribution in [0.2, 0.25) is 5.02 Å². The molecule has 0 bridgehead atoms. The SMILES string of the molecule is COc1cc(-c2nc(SCc3ccccc3Cl)[nH]c(=O)c2C#N)ccc1OC(F)F. The zero-order chi connectivity index (χ0) is 21.7. The molecule has 154 valence electrons. The molecule has 0 spiro atoms. The number of alkyl halides is 2. The summed E-state index contributed by atoms with van der Waals surface area (Å²) in [5.74, 6) is 0.287. The third kappa shape index (κ3) is 4.90. The van der Waals surface area contributed by atoms with Gasteiger partial charge >= 0.3 is 6.61 Å². The van der Waals surface area contributed by atoms with Gasteiger partial charge in [-0.05, 0) is 29.8 Å². The van der Waals surface area contributed by atoms with Gasteiger partial charge in [0.05, 0.1) is 12.8 Å². The molecule has 6 nitrogen and oxygen atoms in total. The van der Waals surface area contributed by atoms with Gasteiger partial charge in [0, 0.05) is 16.3 Å². The molecular weight excluding hydrogens is 436 g/mol. The number of rotatable bonds is 7. The molecule has 10 heteroatoms. The highest BCUT2D eigenvalue weighted by molar-refractivity contribution is 7.98. The van der Waals surface area contributed by atoms with E-state index in [1.54, 1.807) is 6.07 Å². The lowest BCUT2D eigenvalue weighted by Crippen LogP contribution is -2.15. The predicted octanol–water partition coefficient (Wildman–Crippen LogP) is 4.86. The molecule has 1 aromatic heterocycles. The molecule has 1 N–H and O–H groups in total. The van der Waals surface area contributed by atoms with Gasteiger partial charge in [0.25, 0.3) is 5.56 Å². The van der Waals surface area contributed by atoms with Crippen LogP contribution in [-0.2, 0) is 5.75 Å². The summed E-state index contributed by atoms with van der Waals surface area (Å²) in [6, 6.07) is 13.2. The topological polar surface area (TPSA) is 88.0 Å². The van der Waals surface area contributed by atoms with Crippen LogP contribution in [0.25, 0.3) is 11.3 Å². The van der Waals surface area contributed by atoms with Crippen LogP contribution in [0.15, 0.2) is 52.4 Å². The number of ether oxygens (including phenoxy) is 2. The van der Waals surface area contributed by atoms with Gasteiger partial charge in [0.1, 0.15) is 11.6 Å². The summed E-state index contributed by atoms with van der Waals surface area (Å²) in [7, 11) is 1.29. The third-order valence-corrected chi connectivity index (χ3v) is 5.28. The molecule has 0 fully saturated rings. The van der Waals surface area contributed by atoms with Crippen molar-refractivity contribution in [3.05, 3.63) is 69.0 Å². The number of hydrogen-bond acceptors (Lipinski definition) is 6. The van der Waals surface area contributed by atoms with E-state index in [0.717, 1.165) is 5.56 Å². The molecule has 0 saturated heterocycles. The van der Waals surface area contributed by atoms with Gasteiger partial charge in [-0.1, -0.05) is 41.6 Å². The van der Waals surface area contributed by atoms with Crippen molar-refractivity contribution in [2.24, 2.45) is 0 Å². The maximum atomic E-state index is 12.5. The van der Waals surface area contributed by atoms with Gasteiger partial charge < -0.3 is 14.5 Å². The van der Waals surface area contributed by atoms with Crippen molar-refractivity contribution in [1.29, 1.82) is 5.26 Å². The highest BCUT2D eigenvalue weighted by Crippen LogP contribution is 2.34. The summed E-state index contributed by atoms with van der Waals surface area (Å²) in [6.45, 7) is -3.02. The first-order valence-corrected chi connectivity index (χ1v) is 9.83. The Morgan fingerprint density at radius 2 is 2.03 bits per heavy atom. The number of thioether (sulfide) groups is 1. The van der Waals surface area contributed by atoms with Crippen molar-refractivity contribution in [2.75, 3.05) is 7.11 Å². The van der Waals surface area contributed by atoms with Gasteiger partial charge in [0.2, 0.25) is 0 Å². The second-order valence-electron chi connectivity index (χ2n) is 5.83. The number of aromatic nitrogens is 2. The Bertz CT molecular complexity index is 1160. The zero-order valence-corrected chi connectivity index (χ0v) is 17.1. The van der Waals surface area contributed by atoms with E-state index in [0.29, 0.717) is 16.3 Å². The monoisotopic (exact) mass is 449 g/mol. The summed E-state index contributed by atoms with van der Waals surface area (Å²) >= 11 is 7.39. The van der Waals surface area contributed by atoms with Crippen molar-refractivity contribution in [2.45, 2.75) is 17.5 Å². The quantitative estimate of drug-likeness (QED) is 0.409. The molecule has 0 atom stereocenters. The van der Waals surface area contributed by atoms with E-state index in [9.17, 15) is 18.8 Å². The number of benzene rings is 2. The van der Waals surface area contributed by atoms with E-state index < -0.39 is 12.2 Å². The Kier molecular flexibility index (Phi) is 6.92. The molecular formula is C20H14ClF2N3O3S. The molecule has 0 aliphatic rings. The highest BCUT2D eigenvalue weighted by atomic mass is 35.5. The number of nitrogens with zero attached hydrogens (tertiary/aromatic N) is 2. The summed E-state index contributed by atoms with van der Waals surface area (Å²) in [5.41, 5.74) is 0.478. The lowest BCUT2D eigenvalue weighted by Gasteiger charge is -2.12. The Labute approximate surface area is 179 Å². The maximum absolute atomic E-state index is 12.5. The zero-order valence-electron chi connectivity index (χ0n) is 15.5. The Hall–Kier alpha value is -3.09. The molecule has 0 aliphatic carbocycles. The molecule has 0 radical (unpaired) electrons. The van der Waals surface area contributed by atoms with Crippen molar-refractivity contribution < 1.29 is 18.3 Å². The van der Waals surface area contributed by atoms with Crippen LogP contribution in [0.4, 0.5) is 8.78 Å². The van der Waals surface area contributed by atoms with Crippen LogP contribution in [0.5, 0.6) is 11.5 Å². The standard InChI is InChI=1S/C20H14ClF2N3O3S/c1-28-16-8-11(6-7-15(16)29-19(22)23)17-13(9-24)18(27)26-20(25-17)30-10-12-4-2-3-5-14(12)21/h2-8,19H,10H2,1H3,(H,25,26,27). The normalized spacial score (nSPS) is 10.7. The molecule has 1 heterocycles. The van der Waals surface area contributed by atoms with E-state index in [-0.39, 0.29) is 27.9 Å². The van der Waals surface area contributed by atoms with E-state index in [4.69, 9.17) is 16.3 Å². The number of hydrogen-bond donors (Lipinski definition) is 1. The van der Waals surface area contributed by atoms with Crippen LogP contribution in [-0.4, -0.2) is 23.7 Å². The maximum Gasteiger partial charge on any atom is 0.387 e. The van der Waals surface area contributed by atoms with Crippen molar-refractivity contribution >= 4 is 23.4 Å². The minimum absolute atomic E-state index is 0.0176. The largest absolute Gasteiger partial charge is 0.493 e. The molecule has 2 aromatic carbocycles. The molecule has 30 heavy (non-hydrogen) atoms. The molecule has 0 saturated carbocycles. The smallest absolute Gasteiger partial charge is 0.387 e. The Morgan fingerprint density at radius 3 is 2.70 bits per heavy atom. The van der Waals surface area contributed by atoms with Crippen LogP contribution >= 0.6 is 23.4 Å². The van der Waals surface area contributed by atoms with E-state index >= 15 is 0 Å². The van der Waals surface area contributed by atoms with Crippen molar-refractivity contribution in [1.82, 2.24) is 9.97 Å². The fourth-order valence-corrected chi connectivity index (χ4v) is 3.75. The average Bonchev–Trinajstić information content (AvgIpc) is 2.72. The third-order valence-electron chi connectivity index (χ3n) is 3.98. The fraction of sp³-hybridized carbons (Fsp3) is 0.150. The first-order chi connectivity index (χ1) is 14.4. The minimum Gasteiger partial charge on any atom is -0.493 e. The van der Waals surface area contributed by atoms with Crippen molar-refractivity contribution in [3.8, 4) is 28.8 Å². The van der Waals surface area contributed by atoms with Gasteiger partial charge in [-0.2, -0.15) is 14.0 Å². The summed E-state index contributed by atoms with van der Waals surface area (Å²) in [4.78, 5) is 19.3. The van der Waals surface area contributed by atoms with E-state index in [2.05, 4.69) is 14.7 Å². The first-order valence-electron chi connectivity index (χ1n) is 8.46. The van der Waals surface area contributed by atoms with Crippen LogP contribution < -0.4 is 15.0 Å². The Morgan fingerprint density at radius 1 is 1.27 bits per heavy atom. The first kappa shape index (κ1) is 21.6. The highest BCUT2D eigenvalue weighted by Gasteiger charge is 2.17. The lowest BCUT2D eigenvalue weighted by molar-refractivity contribution is -0.0512. The number of aromatic amines is 1. The Balaban J connectivity index is 1.99. The van der Waals surface area contributed by atoms with Crippen LogP contribution in [0, 0.1) is 11.3 Å². The average molecular weight is 450 g/mol. The van der Waals surface area contributed by atoms with Gasteiger partial charge in [-0.15, -0.1) is 0 Å². The molecule has 0 unspecified atom stereocenters. The number of H-pyrrole nitrogens is 1. The molecule has 3 rings (SSSR count). The second-order valence-corrected chi connectivity index (χ2v) is 7.20. The number of nitrogens with one attached hydrogen (secondary N) is 1. The summed E-state index contributed by atoms with van der Waals surface area (Å²) in [6.07, 6.45) is 0. The van der Waals surface area contributed by atoms with Crippen LogP contribution in [0.3, 0.4) is 0 Å².